The Morgan fingerprint density at radius 1 is 1.18 bits per heavy atom. The third-order valence-corrected chi connectivity index (χ3v) is 5.22. The van der Waals surface area contributed by atoms with Crippen LogP contribution in [-0.4, -0.2) is 37.0 Å². The van der Waals surface area contributed by atoms with Gasteiger partial charge in [-0.3, -0.25) is 9.59 Å². The summed E-state index contributed by atoms with van der Waals surface area (Å²) >= 11 is 0. The Morgan fingerprint density at radius 3 is 2.57 bits per heavy atom. The Kier molecular flexibility index (Phi) is 6.47. The normalized spacial score (nSPS) is 16.2. The van der Waals surface area contributed by atoms with E-state index in [-0.39, 0.29) is 11.8 Å². The molecule has 1 aliphatic heterocycles. The molecule has 1 aliphatic rings. The number of benzene rings is 2. The SMILES string of the molecule is COCCN1C(=O)Cc2ccccc2[C@H]1C(=O)NCc1ccc(C(C)C)cc1. The van der Waals surface area contributed by atoms with Gasteiger partial charge >= 0.3 is 0 Å². The number of carbonyl (C=O) groups is 2. The molecule has 0 saturated heterocycles. The van der Waals surface area contributed by atoms with Crippen LogP contribution in [0.5, 0.6) is 0 Å². The van der Waals surface area contributed by atoms with Crippen molar-refractivity contribution >= 4 is 11.8 Å². The first-order valence-corrected chi connectivity index (χ1v) is 9.74. The summed E-state index contributed by atoms with van der Waals surface area (Å²) in [4.78, 5) is 27.4. The molecule has 28 heavy (non-hydrogen) atoms. The third kappa shape index (κ3) is 4.42. The number of methoxy groups -OCH3 is 1. The average Bonchev–Trinajstić information content (AvgIpc) is 2.70. The fourth-order valence-corrected chi connectivity index (χ4v) is 3.57. The fraction of sp³-hybridized carbons (Fsp3) is 0.391. The molecule has 148 valence electrons. The number of nitrogens with one attached hydrogen (secondary N) is 1. The zero-order valence-electron chi connectivity index (χ0n) is 16.8. The second-order valence-corrected chi connectivity index (χ2v) is 7.47. The molecule has 2 aromatic rings. The van der Waals surface area contributed by atoms with Crippen LogP contribution in [0.25, 0.3) is 0 Å². The van der Waals surface area contributed by atoms with Gasteiger partial charge in [-0.25, -0.2) is 0 Å². The molecule has 0 bridgehead atoms. The molecular formula is C23H28N2O3. The Balaban J connectivity index is 1.77. The first-order chi connectivity index (χ1) is 13.5. The van der Waals surface area contributed by atoms with Crippen LogP contribution in [0.3, 0.4) is 0 Å². The molecule has 1 atom stereocenters. The van der Waals surface area contributed by atoms with Gasteiger partial charge in [0.2, 0.25) is 11.8 Å². The Hall–Kier alpha value is -2.66. The second kappa shape index (κ2) is 9.02. The largest absolute Gasteiger partial charge is 0.383 e. The summed E-state index contributed by atoms with van der Waals surface area (Å²) < 4.78 is 5.14. The lowest BCUT2D eigenvalue weighted by molar-refractivity contribution is -0.142. The lowest BCUT2D eigenvalue weighted by atomic mass is 9.91. The second-order valence-electron chi connectivity index (χ2n) is 7.47. The van der Waals surface area contributed by atoms with E-state index in [9.17, 15) is 9.59 Å². The van der Waals surface area contributed by atoms with Crippen molar-refractivity contribution in [2.24, 2.45) is 0 Å². The summed E-state index contributed by atoms with van der Waals surface area (Å²) in [7, 11) is 1.60. The summed E-state index contributed by atoms with van der Waals surface area (Å²) in [5.74, 6) is 0.268. The maximum Gasteiger partial charge on any atom is 0.247 e. The van der Waals surface area contributed by atoms with E-state index in [1.165, 1.54) is 5.56 Å². The standard InChI is InChI=1S/C23H28N2O3/c1-16(2)18-10-8-17(9-11-18)15-24-23(27)22-20-7-5-4-6-19(20)14-21(26)25(22)12-13-28-3/h4-11,16,22H,12-15H2,1-3H3,(H,24,27)/t22-/m0/s1. The third-order valence-electron chi connectivity index (χ3n) is 5.22. The van der Waals surface area contributed by atoms with Crippen molar-refractivity contribution < 1.29 is 14.3 Å². The van der Waals surface area contributed by atoms with Gasteiger partial charge in [0.05, 0.1) is 13.0 Å². The van der Waals surface area contributed by atoms with Crippen LogP contribution in [0, 0.1) is 0 Å². The van der Waals surface area contributed by atoms with Crippen molar-refractivity contribution in [3.05, 3.63) is 70.8 Å². The van der Waals surface area contributed by atoms with Gasteiger partial charge in [-0.05, 0) is 28.2 Å². The van der Waals surface area contributed by atoms with Gasteiger partial charge in [-0.15, -0.1) is 0 Å². The first-order valence-electron chi connectivity index (χ1n) is 9.74. The molecule has 0 fully saturated rings. The molecule has 0 aromatic heterocycles. The predicted molar refractivity (Wildman–Crippen MR) is 109 cm³/mol. The van der Waals surface area contributed by atoms with Gasteiger partial charge in [-0.2, -0.15) is 0 Å². The monoisotopic (exact) mass is 380 g/mol. The maximum atomic E-state index is 13.1. The molecule has 5 nitrogen and oxygen atoms in total. The Bertz CT molecular complexity index is 830. The highest BCUT2D eigenvalue weighted by Crippen LogP contribution is 2.30. The van der Waals surface area contributed by atoms with Crippen LogP contribution < -0.4 is 5.32 Å². The van der Waals surface area contributed by atoms with Crippen molar-refractivity contribution in [3.63, 3.8) is 0 Å². The van der Waals surface area contributed by atoms with Crippen LogP contribution in [0.4, 0.5) is 0 Å². The molecule has 0 radical (unpaired) electrons. The lowest BCUT2D eigenvalue weighted by Crippen LogP contribution is -2.48. The Morgan fingerprint density at radius 2 is 1.89 bits per heavy atom. The number of ether oxygens (including phenoxy) is 1. The molecule has 5 heteroatoms. The van der Waals surface area contributed by atoms with Crippen molar-refractivity contribution in [1.82, 2.24) is 10.2 Å². The number of fused-ring (bicyclic) bond motifs is 1. The molecule has 1 heterocycles. The topological polar surface area (TPSA) is 58.6 Å². The van der Waals surface area contributed by atoms with E-state index in [1.54, 1.807) is 12.0 Å². The fourth-order valence-electron chi connectivity index (χ4n) is 3.57. The molecule has 0 unspecified atom stereocenters. The number of hydrogen-bond donors (Lipinski definition) is 1. The van der Waals surface area contributed by atoms with Crippen LogP contribution in [0.1, 0.15) is 48.1 Å². The highest BCUT2D eigenvalue weighted by atomic mass is 16.5. The summed E-state index contributed by atoms with van der Waals surface area (Å²) in [6.45, 7) is 5.53. The highest BCUT2D eigenvalue weighted by Gasteiger charge is 2.36. The van der Waals surface area contributed by atoms with E-state index in [2.05, 4.69) is 31.3 Å². The van der Waals surface area contributed by atoms with Gasteiger partial charge in [0.1, 0.15) is 6.04 Å². The smallest absolute Gasteiger partial charge is 0.247 e. The predicted octanol–water partition coefficient (Wildman–Crippen LogP) is 3.20. The maximum absolute atomic E-state index is 13.1. The number of nitrogens with zero attached hydrogens (tertiary/aromatic N) is 1. The van der Waals surface area contributed by atoms with E-state index in [0.29, 0.717) is 32.0 Å². The quantitative estimate of drug-likeness (QED) is 0.802. The van der Waals surface area contributed by atoms with Gasteiger partial charge in [-0.1, -0.05) is 62.4 Å². The minimum Gasteiger partial charge on any atom is -0.383 e. The molecule has 2 aromatic carbocycles. The van der Waals surface area contributed by atoms with Gasteiger partial charge in [0, 0.05) is 20.2 Å². The van der Waals surface area contributed by atoms with Crippen LogP contribution >= 0.6 is 0 Å². The zero-order chi connectivity index (χ0) is 20.1. The molecule has 2 amide bonds. The minimum absolute atomic E-state index is 0.0443. The minimum atomic E-state index is -0.623. The summed E-state index contributed by atoms with van der Waals surface area (Å²) in [5.41, 5.74) is 4.12. The van der Waals surface area contributed by atoms with E-state index in [0.717, 1.165) is 16.7 Å². The van der Waals surface area contributed by atoms with E-state index >= 15 is 0 Å². The van der Waals surface area contributed by atoms with E-state index < -0.39 is 6.04 Å². The number of amides is 2. The van der Waals surface area contributed by atoms with Crippen LogP contribution in [0.2, 0.25) is 0 Å². The zero-order valence-corrected chi connectivity index (χ0v) is 16.8. The number of carbonyl (C=O) groups excluding carboxylic acids is 2. The van der Waals surface area contributed by atoms with Gasteiger partial charge in [0.15, 0.2) is 0 Å². The van der Waals surface area contributed by atoms with Gasteiger partial charge < -0.3 is 15.0 Å². The van der Waals surface area contributed by atoms with Crippen molar-refractivity contribution in [1.29, 1.82) is 0 Å². The molecular weight excluding hydrogens is 352 g/mol. The summed E-state index contributed by atoms with van der Waals surface area (Å²) in [5, 5.41) is 3.01. The average molecular weight is 380 g/mol. The Labute approximate surface area is 166 Å². The first kappa shape index (κ1) is 20.1. The molecule has 0 aliphatic carbocycles. The van der Waals surface area contributed by atoms with E-state index in [1.807, 2.05) is 36.4 Å². The van der Waals surface area contributed by atoms with Crippen LogP contribution in [0.15, 0.2) is 48.5 Å². The van der Waals surface area contributed by atoms with Crippen molar-refractivity contribution in [2.45, 2.75) is 38.8 Å². The van der Waals surface area contributed by atoms with Crippen molar-refractivity contribution in [2.75, 3.05) is 20.3 Å². The molecule has 0 saturated carbocycles. The highest BCUT2D eigenvalue weighted by molar-refractivity contribution is 5.92. The number of rotatable bonds is 7. The summed E-state index contributed by atoms with van der Waals surface area (Å²) in [6.07, 6.45) is 0.320. The van der Waals surface area contributed by atoms with E-state index in [4.69, 9.17) is 4.74 Å². The summed E-state index contributed by atoms with van der Waals surface area (Å²) in [6, 6.07) is 15.3. The van der Waals surface area contributed by atoms with Gasteiger partial charge in [0.25, 0.3) is 0 Å². The lowest BCUT2D eigenvalue weighted by Gasteiger charge is -2.36. The molecule has 0 spiro atoms. The van der Waals surface area contributed by atoms with Crippen LogP contribution in [-0.2, 0) is 27.3 Å². The number of hydrogen-bond acceptors (Lipinski definition) is 3. The van der Waals surface area contributed by atoms with Crippen molar-refractivity contribution in [3.8, 4) is 0 Å². The molecule has 3 rings (SSSR count). The molecule has 1 N–H and O–H groups in total.